The fraction of sp³-hybridized carbons (Fsp3) is 0.238. The van der Waals surface area contributed by atoms with Gasteiger partial charge in [0.1, 0.15) is 24.0 Å². The molecule has 0 aliphatic rings. The van der Waals surface area contributed by atoms with Gasteiger partial charge in [-0.15, -0.1) is 0 Å². The number of fused-ring (bicyclic) bond motifs is 1. The van der Waals surface area contributed by atoms with E-state index in [-0.39, 0.29) is 11.4 Å². The predicted molar refractivity (Wildman–Crippen MR) is 129 cm³/mol. The minimum absolute atomic E-state index is 0.0443. The van der Waals surface area contributed by atoms with Crippen LogP contribution in [0.3, 0.4) is 0 Å². The third-order valence-corrected chi connectivity index (χ3v) is 5.66. The lowest BCUT2D eigenvalue weighted by Gasteiger charge is -2.18. The molecule has 3 rings (SSSR count). The Morgan fingerprint density at radius 2 is 1.88 bits per heavy atom. The van der Waals surface area contributed by atoms with Crippen LogP contribution >= 0.6 is 35.0 Å². The van der Waals surface area contributed by atoms with Crippen LogP contribution in [0.1, 0.15) is 6.42 Å². The van der Waals surface area contributed by atoms with Gasteiger partial charge in [0.25, 0.3) is 11.5 Å². The Balaban J connectivity index is 1.84. The number of hydrogen-bond donors (Lipinski definition) is 3. The molecule has 0 radical (unpaired) electrons. The molecule has 0 saturated carbocycles. The van der Waals surface area contributed by atoms with Crippen LogP contribution in [-0.2, 0) is 9.59 Å². The molecular weight excluding hydrogens is 495 g/mol. The Kier molecular flexibility index (Phi) is 8.65. The average molecular weight is 514 g/mol. The van der Waals surface area contributed by atoms with Gasteiger partial charge in [-0.1, -0.05) is 23.2 Å². The van der Waals surface area contributed by atoms with E-state index in [0.717, 1.165) is 0 Å². The highest BCUT2D eigenvalue weighted by Gasteiger charge is 2.24. The molecule has 2 aromatic carbocycles. The second-order valence-corrected chi connectivity index (χ2v) is 8.62. The van der Waals surface area contributed by atoms with Crippen molar-refractivity contribution < 1.29 is 18.4 Å². The maximum Gasteiger partial charge on any atom is 0.270 e. The number of amides is 2. The smallest absolute Gasteiger partial charge is 0.270 e. The van der Waals surface area contributed by atoms with E-state index >= 15 is 0 Å². The first-order chi connectivity index (χ1) is 15.8. The van der Waals surface area contributed by atoms with Crippen molar-refractivity contribution in [1.82, 2.24) is 15.3 Å². The molecule has 12 heteroatoms. The zero-order chi connectivity index (χ0) is 24.0. The average Bonchev–Trinajstić information content (AvgIpc) is 2.79. The lowest BCUT2D eigenvalue weighted by molar-refractivity contribution is -0.128. The van der Waals surface area contributed by atoms with E-state index in [9.17, 15) is 18.4 Å². The van der Waals surface area contributed by atoms with Crippen LogP contribution in [0.5, 0.6) is 0 Å². The summed E-state index contributed by atoms with van der Waals surface area (Å²) in [6.07, 6.45) is 3.50. The van der Waals surface area contributed by atoms with E-state index in [0.29, 0.717) is 33.8 Å². The first kappa shape index (κ1) is 24.9. The monoisotopic (exact) mass is 513 g/mol. The van der Waals surface area contributed by atoms with E-state index in [1.807, 2.05) is 6.26 Å². The number of thioether (sulfide) groups is 1. The Morgan fingerprint density at radius 3 is 2.58 bits per heavy atom. The minimum atomic E-state index is -2.25. The maximum atomic E-state index is 13.4. The standard InChI is InChI=1S/C21H19Cl2F2N5O2S/c1-33-7-6-17(30-21(32)18(23)25)20(31)29-11-3-5-16-13(8-11)19(27-10-26-16)28-12-2-4-15(24)14(22)9-12/h2-5,8-10,17-18H,6-7H2,1H3,(H,29,31)(H,30,32)(H,26,27,28)/t17-,18?/m1/s1. The second kappa shape index (κ2) is 11.4. The van der Waals surface area contributed by atoms with E-state index in [1.54, 1.807) is 18.2 Å². The van der Waals surface area contributed by atoms with E-state index in [4.69, 9.17) is 23.2 Å². The molecule has 174 valence electrons. The summed E-state index contributed by atoms with van der Waals surface area (Å²) in [5.74, 6) is -1.16. The van der Waals surface area contributed by atoms with Crippen molar-refractivity contribution in [3.63, 3.8) is 0 Å². The highest BCUT2D eigenvalue weighted by Crippen LogP contribution is 2.27. The number of aromatic nitrogens is 2. The van der Waals surface area contributed by atoms with Crippen LogP contribution in [-0.4, -0.2) is 45.5 Å². The van der Waals surface area contributed by atoms with Gasteiger partial charge in [-0.25, -0.2) is 18.7 Å². The van der Waals surface area contributed by atoms with Crippen molar-refractivity contribution >= 4 is 74.9 Å². The minimum Gasteiger partial charge on any atom is -0.341 e. The van der Waals surface area contributed by atoms with Gasteiger partial charge in [-0.2, -0.15) is 11.8 Å². The Hall–Kier alpha value is -2.69. The summed E-state index contributed by atoms with van der Waals surface area (Å²) in [6.45, 7) is 0. The van der Waals surface area contributed by atoms with E-state index < -0.39 is 29.3 Å². The number of nitrogens with one attached hydrogen (secondary N) is 3. The molecule has 33 heavy (non-hydrogen) atoms. The molecule has 7 nitrogen and oxygen atoms in total. The van der Waals surface area contributed by atoms with Crippen molar-refractivity contribution in [2.45, 2.75) is 18.1 Å². The molecule has 1 aromatic heterocycles. The third-order valence-electron chi connectivity index (χ3n) is 4.53. The molecular formula is C21H19Cl2F2N5O2S. The number of nitrogens with zero attached hydrogens (tertiary/aromatic N) is 2. The molecule has 2 amide bonds. The maximum absolute atomic E-state index is 13.4. The van der Waals surface area contributed by atoms with E-state index in [1.165, 1.54) is 36.3 Å². The number of anilines is 3. The van der Waals surface area contributed by atoms with Gasteiger partial charge in [0.2, 0.25) is 5.91 Å². The highest BCUT2D eigenvalue weighted by molar-refractivity contribution is 7.98. The van der Waals surface area contributed by atoms with Gasteiger partial charge in [-0.3, -0.25) is 9.59 Å². The lowest BCUT2D eigenvalue weighted by Crippen LogP contribution is -2.46. The zero-order valence-corrected chi connectivity index (χ0v) is 19.6. The van der Waals surface area contributed by atoms with Crippen molar-refractivity contribution in [2.24, 2.45) is 0 Å². The second-order valence-electron chi connectivity index (χ2n) is 6.84. The molecule has 3 aromatic rings. The number of rotatable bonds is 9. The molecule has 1 unspecified atom stereocenters. The van der Waals surface area contributed by atoms with Crippen molar-refractivity contribution in [3.8, 4) is 0 Å². The molecule has 0 saturated heterocycles. The molecule has 0 spiro atoms. The van der Waals surface area contributed by atoms with Crippen LogP contribution in [0.4, 0.5) is 26.0 Å². The Labute approximate surface area is 202 Å². The SMILES string of the molecule is CSCC[C@@H](NC(=O)C(F)Cl)C(=O)Nc1ccc2ncnc(Nc3ccc(F)c(Cl)c3)c2c1. The van der Waals surface area contributed by atoms with Crippen LogP contribution in [0.2, 0.25) is 5.02 Å². The zero-order valence-electron chi connectivity index (χ0n) is 17.2. The quantitative estimate of drug-likeness (QED) is 0.353. The van der Waals surface area contributed by atoms with E-state index in [2.05, 4.69) is 25.9 Å². The van der Waals surface area contributed by atoms with Gasteiger partial charge >= 0.3 is 0 Å². The van der Waals surface area contributed by atoms with Crippen LogP contribution < -0.4 is 16.0 Å². The molecule has 3 N–H and O–H groups in total. The molecule has 0 bridgehead atoms. The Bertz CT molecular complexity index is 1170. The molecule has 0 aliphatic heterocycles. The summed E-state index contributed by atoms with van der Waals surface area (Å²) < 4.78 is 26.5. The van der Waals surface area contributed by atoms with Crippen LogP contribution in [0.25, 0.3) is 10.9 Å². The summed E-state index contributed by atoms with van der Waals surface area (Å²) in [5.41, 5.74) is -0.736. The van der Waals surface area contributed by atoms with Gasteiger partial charge in [0, 0.05) is 16.8 Å². The summed E-state index contributed by atoms with van der Waals surface area (Å²) in [4.78, 5) is 32.8. The number of benzene rings is 2. The summed E-state index contributed by atoms with van der Waals surface area (Å²) in [5, 5.41) is 8.61. The topological polar surface area (TPSA) is 96.0 Å². The fourth-order valence-electron chi connectivity index (χ4n) is 2.91. The Morgan fingerprint density at radius 1 is 1.12 bits per heavy atom. The number of carbonyl (C=O) groups excluding carboxylic acids is 2. The first-order valence-electron chi connectivity index (χ1n) is 9.63. The molecule has 2 atom stereocenters. The number of halogens is 4. The van der Waals surface area contributed by atoms with Gasteiger partial charge in [0.05, 0.1) is 10.5 Å². The molecule has 1 heterocycles. The summed E-state index contributed by atoms with van der Waals surface area (Å²) >= 11 is 12.5. The third kappa shape index (κ3) is 6.66. The summed E-state index contributed by atoms with van der Waals surface area (Å²) in [6, 6.07) is 8.15. The fourth-order valence-corrected chi connectivity index (χ4v) is 3.63. The molecule has 0 fully saturated rings. The normalized spacial score (nSPS) is 12.8. The van der Waals surface area contributed by atoms with Crippen molar-refractivity contribution in [1.29, 1.82) is 0 Å². The molecule has 0 aliphatic carbocycles. The van der Waals surface area contributed by atoms with Gasteiger partial charge < -0.3 is 16.0 Å². The number of alkyl halides is 2. The lowest BCUT2D eigenvalue weighted by atomic mass is 10.1. The predicted octanol–water partition coefficient (Wildman–Crippen LogP) is 4.88. The highest BCUT2D eigenvalue weighted by atomic mass is 35.5. The van der Waals surface area contributed by atoms with Gasteiger partial charge in [0.15, 0.2) is 0 Å². The van der Waals surface area contributed by atoms with Gasteiger partial charge in [-0.05, 0) is 54.8 Å². The first-order valence-corrected chi connectivity index (χ1v) is 11.8. The van der Waals surface area contributed by atoms with Crippen molar-refractivity contribution in [3.05, 3.63) is 53.6 Å². The number of hydrogen-bond acceptors (Lipinski definition) is 6. The summed E-state index contributed by atoms with van der Waals surface area (Å²) in [7, 11) is 0. The van der Waals surface area contributed by atoms with Crippen molar-refractivity contribution in [2.75, 3.05) is 22.6 Å². The van der Waals surface area contributed by atoms with Crippen LogP contribution in [0, 0.1) is 5.82 Å². The van der Waals surface area contributed by atoms with Crippen LogP contribution in [0.15, 0.2) is 42.7 Å². The number of carbonyl (C=O) groups is 2. The largest absolute Gasteiger partial charge is 0.341 e.